The Morgan fingerprint density at radius 1 is 1.10 bits per heavy atom. The standard InChI is InChI=1S/C29H30ClFN4O4/c1-17-14-27(33-18(2)32-17)34-12-10-20(11-13-34)35(3,28(36)21-6-4-5-7-23(21)30)25-9-8-19-15-24(31)26(16-22(19)25)39-29(37)38/h4-7,14-16,20,25H,8-13H2,1-3H3/p+1/t25-,35?/m1/s1. The van der Waals surface area contributed by atoms with Gasteiger partial charge in [-0.2, -0.15) is 0 Å². The first-order valence-electron chi connectivity index (χ1n) is 13.0. The SMILES string of the molecule is Cc1cc(N2CCC([N+](C)(C(=O)c3ccccc3Cl)[C@@H]3CCc4cc(F)c(OC(=O)O)cc43)CC2)nc(C)n1. The molecule has 8 nitrogen and oxygen atoms in total. The Morgan fingerprint density at radius 3 is 2.49 bits per heavy atom. The Kier molecular flexibility index (Phi) is 7.31. The van der Waals surface area contributed by atoms with Crippen LogP contribution in [0, 0.1) is 19.7 Å². The Bertz CT molecular complexity index is 1420. The van der Waals surface area contributed by atoms with E-state index in [0.29, 0.717) is 36.5 Å². The topological polar surface area (TPSA) is 92.6 Å². The molecule has 39 heavy (non-hydrogen) atoms. The minimum absolute atomic E-state index is 0.0462. The largest absolute Gasteiger partial charge is 0.511 e. The summed E-state index contributed by atoms with van der Waals surface area (Å²) in [7, 11) is 1.94. The van der Waals surface area contributed by atoms with Crippen molar-refractivity contribution in [3.8, 4) is 5.75 Å². The molecule has 1 fully saturated rings. The number of rotatable bonds is 5. The van der Waals surface area contributed by atoms with E-state index in [4.69, 9.17) is 21.4 Å². The fourth-order valence-corrected chi connectivity index (χ4v) is 6.48. The maximum absolute atomic E-state index is 14.6. The summed E-state index contributed by atoms with van der Waals surface area (Å²) >= 11 is 6.52. The van der Waals surface area contributed by atoms with E-state index in [2.05, 4.69) is 14.9 Å². The van der Waals surface area contributed by atoms with E-state index >= 15 is 0 Å². The molecule has 2 aliphatic rings. The maximum Gasteiger partial charge on any atom is 0.511 e. The van der Waals surface area contributed by atoms with Crippen LogP contribution in [-0.4, -0.2) is 57.8 Å². The van der Waals surface area contributed by atoms with Gasteiger partial charge in [0.15, 0.2) is 11.6 Å². The van der Waals surface area contributed by atoms with Crippen LogP contribution in [0.1, 0.15) is 58.3 Å². The summed E-state index contributed by atoms with van der Waals surface area (Å²) in [5.41, 5.74) is 2.84. The summed E-state index contributed by atoms with van der Waals surface area (Å²) in [4.78, 5) is 36.8. The fourth-order valence-electron chi connectivity index (χ4n) is 6.26. The van der Waals surface area contributed by atoms with Crippen LogP contribution in [0.4, 0.5) is 15.0 Å². The van der Waals surface area contributed by atoms with Crippen molar-refractivity contribution in [1.29, 1.82) is 0 Å². The predicted molar refractivity (Wildman–Crippen MR) is 145 cm³/mol. The number of nitrogens with zero attached hydrogens (tertiary/aromatic N) is 4. The summed E-state index contributed by atoms with van der Waals surface area (Å²) in [6.45, 7) is 5.24. The van der Waals surface area contributed by atoms with Gasteiger partial charge in [-0.25, -0.2) is 28.4 Å². The molecule has 204 valence electrons. The molecule has 1 aromatic heterocycles. The third-order valence-electron chi connectivity index (χ3n) is 8.13. The lowest BCUT2D eigenvalue weighted by molar-refractivity contribution is -0.887. The van der Waals surface area contributed by atoms with Gasteiger partial charge in [0.2, 0.25) is 0 Å². The maximum atomic E-state index is 14.6. The fraction of sp³-hybridized carbons (Fsp3) is 0.379. The van der Waals surface area contributed by atoms with Crippen molar-refractivity contribution in [3.05, 3.63) is 81.5 Å². The predicted octanol–water partition coefficient (Wildman–Crippen LogP) is 5.89. The minimum Gasteiger partial charge on any atom is -0.449 e. The number of aryl methyl sites for hydroxylation is 3. The van der Waals surface area contributed by atoms with E-state index in [1.54, 1.807) is 24.3 Å². The molecule has 1 aliphatic heterocycles. The quantitative estimate of drug-likeness (QED) is 0.239. The van der Waals surface area contributed by atoms with Gasteiger partial charge in [-0.05, 0) is 50.1 Å². The Labute approximate surface area is 231 Å². The minimum atomic E-state index is -1.59. The lowest BCUT2D eigenvalue weighted by Crippen LogP contribution is -2.60. The van der Waals surface area contributed by atoms with Crippen LogP contribution in [-0.2, 0) is 6.42 Å². The second-order valence-electron chi connectivity index (χ2n) is 10.5. The smallest absolute Gasteiger partial charge is 0.449 e. The number of carboxylic acid groups (broad SMARTS) is 1. The normalized spacial score (nSPS) is 18.9. The molecule has 3 aromatic rings. The summed E-state index contributed by atoms with van der Waals surface area (Å²) in [5.74, 6) is 0.398. The zero-order chi connectivity index (χ0) is 27.9. The highest BCUT2D eigenvalue weighted by atomic mass is 35.5. The number of benzene rings is 2. The molecule has 1 amide bonds. The van der Waals surface area contributed by atoms with Gasteiger partial charge in [-0.3, -0.25) is 0 Å². The molecule has 0 radical (unpaired) electrons. The second kappa shape index (κ2) is 10.5. The van der Waals surface area contributed by atoms with Gasteiger partial charge in [0.25, 0.3) is 0 Å². The molecule has 5 rings (SSSR count). The van der Waals surface area contributed by atoms with E-state index in [-0.39, 0.29) is 28.2 Å². The third kappa shape index (κ3) is 5.08. The van der Waals surface area contributed by atoms with Crippen molar-refractivity contribution >= 4 is 29.5 Å². The number of hydrogen-bond acceptors (Lipinski definition) is 6. The van der Waals surface area contributed by atoms with Crippen molar-refractivity contribution in [3.63, 3.8) is 0 Å². The Hall–Kier alpha value is -3.56. The summed E-state index contributed by atoms with van der Waals surface area (Å²) in [6.07, 6.45) is 1.05. The molecule has 1 N–H and O–H groups in total. The second-order valence-corrected chi connectivity index (χ2v) is 10.9. The van der Waals surface area contributed by atoms with Gasteiger partial charge >= 0.3 is 12.1 Å². The Morgan fingerprint density at radius 2 is 1.82 bits per heavy atom. The van der Waals surface area contributed by atoms with E-state index in [0.717, 1.165) is 41.3 Å². The van der Waals surface area contributed by atoms with Gasteiger partial charge in [0, 0.05) is 49.7 Å². The summed E-state index contributed by atoms with van der Waals surface area (Å²) in [6, 6.07) is 11.4. The highest BCUT2D eigenvalue weighted by Gasteiger charge is 2.51. The molecule has 1 saturated heterocycles. The molecule has 2 heterocycles. The van der Waals surface area contributed by atoms with Crippen LogP contribution in [0.25, 0.3) is 0 Å². The third-order valence-corrected chi connectivity index (χ3v) is 8.46. The van der Waals surface area contributed by atoms with Crippen LogP contribution in [0.2, 0.25) is 5.02 Å². The zero-order valence-corrected chi connectivity index (χ0v) is 22.9. The highest BCUT2D eigenvalue weighted by molar-refractivity contribution is 6.33. The van der Waals surface area contributed by atoms with Gasteiger partial charge in [-0.15, -0.1) is 0 Å². The highest BCUT2D eigenvalue weighted by Crippen LogP contribution is 2.46. The van der Waals surface area contributed by atoms with Crippen molar-refractivity contribution in [2.75, 3.05) is 25.0 Å². The van der Waals surface area contributed by atoms with Crippen LogP contribution < -0.4 is 9.64 Å². The van der Waals surface area contributed by atoms with Crippen molar-refractivity contribution < 1.29 is 28.3 Å². The number of anilines is 1. The molecule has 0 bridgehead atoms. The monoisotopic (exact) mass is 553 g/mol. The average molecular weight is 554 g/mol. The molecule has 2 atom stereocenters. The van der Waals surface area contributed by atoms with E-state index in [1.165, 1.54) is 12.1 Å². The van der Waals surface area contributed by atoms with E-state index in [9.17, 15) is 14.0 Å². The van der Waals surface area contributed by atoms with Crippen LogP contribution in [0.3, 0.4) is 0 Å². The number of fused-ring (bicyclic) bond motifs is 1. The van der Waals surface area contributed by atoms with E-state index in [1.807, 2.05) is 27.0 Å². The number of halogens is 2. The molecule has 0 saturated carbocycles. The molecule has 0 spiro atoms. The number of hydrogen-bond donors (Lipinski definition) is 1. The average Bonchev–Trinajstić information content (AvgIpc) is 3.30. The van der Waals surface area contributed by atoms with Crippen LogP contribution in [0.15, 0.2) is 42.5 Å². The lowest BCUT2D eigenvalue weighted by atomic mass is 9.93. The van der Waals surface area contributed by atoms with Crippen LogP contribution >= 0.6 is 11.6 Å². The first-order valence-corrected chi connectivity index (χ1v) is 13.4. The molecule has 10 heteroatoms. The zero-order valence-electron chi connectivity index (χ0n) is 22.2. The van der Waals surface area contributed by atoms with Gasteiger partial charge in [-0.1, -0.05) is 23.7 Å². The number of piperidine rings is 1. The van der Waals surface area contributed by atoms with Gasteiger partial charge in [0.05, 0.1) is 23.7 Å². The molecular formula is C29H31ClFN4O4+. The van der Waals surface area contributed by atoms with E-state index < -0.39 is 12.0 Å². The van der Waals surface area contributed by atoms with Crippen molar-refractivity contribution in [2.24, 2.45) is 0 Å². The van der Waals surface area contributed by atoms with Crippen LogP contribution in [0.5, 0.6) is 5.75 Å². The van der Waals surface area contributed by atoms with Crippen molar-refractivity contribution in [1.82, 2.24) is 9.97 Å². The van der Waals surface area contributed by atoms with Gasteiger partial charge < -0.3 is 14.7 Å². The molecule has 1 aliphatic carbocycles. The number of carbonyl (C=O) groups excluding carboxylic acids is 1. The summed E-state index contributed by atoms with van der Waals surface area (Å²) < 4.78 is 19.4. The molecular weight excluding hydrogens is 523 g/mol. The Balaban J connectivity index is 1.53. The van der Waals surface area contributed by atoms with Crippen molar-refractivity contribution in [2.45, 2.75) is 51.6 Å². The summed E-state index contributed by atoms with van der Waals surface area (Å²) in [5, 5.41) is 9.49. The number of carbonyl (C=O) groups is 2. The first kappa shape index (κ1) is 27.0. The number of quaternary nitrogens is 1. The molecule has 2 aromatic carbocycles. The lowest BCUT2D eigenvalue weighted by Gasteiger charge is -2.47. The number of aromatic nitrogens is 2. The van der Waals surface area contributed by atoms with Gasteiger partial charge in [0.1, 0.15) is 17.7 Å². The molecule has 1 unspecified atom stereocenters. The first-order chi connectivity index (χ1) is 18.6. The number of amides is 1. The number of ether oxygens (including phenoxy) is 1.